The van der Waals surface area contributed by atoms with Crippen LogP contribution in [0.5, 0.6) is 0 Å². The highest BCUT2D eigenvalue weighted by molar-refractivity contribution is 5.88. The van der Waals surface area contributed by atoms with Gasteiger partial charge in [-0.2, -0.15) is 0 Å². The molecule has 192 valence electrons. The van der Waals surface area contributed by atoms with Gasteiger partial charge in [-0.3, -0.25) is 4.98 Å². The molecule has 0 radical (unpaired) electrons. The summed E-state index contributed by atoms with van der Waals surface area (Å²) in [5.41, 5.74) is 4.41. The molecule has 3 rings (SSSR count). The Labute approximate surface area is 210 Å². The van der Waals surface area contributed by atoms with Crippen LogP contribution in [0.3, 0.4) is 0 Å². The number of anilines is 1. The first-order valence-corrected chi connectivity index (χ1v) is 12.5. The Morgan fingerprint density at radius 1 is 1.03 bits per heavy atom. The van der Waals surface area contributed by atoms with Crippen molar-refractivity contribution in [2.45, 2.75) is 92.5 Å². The first-order chi connectivity index (χ1) is 16.0. The second-order valence-electron chi connectivity index (χ2n) is 12.2. The lowest BCUT2D eigenvalue weighted by molar-refractivity contribution is -0.160. The summed E-state index contributed by atoms with van der Waals surface area (Å²) in [6, 6.07) is 7.85. The van der Waals surface area contributed by atoms with Crippen molar-refractivity contribution in [1.29, 1.82) is 0 Å². The van der Waals surface area contributed by atoms with Crippen molar-refractivity contribution < 1.29 is 19.7 Å². The van der Waals surface area contributed by atoms with E-state index in [0.29, 0.717) is 11.3 Å². The molecule has 6 heteroatoms. The van der Waals surface area contributed by atoms with Crippen LogP contribution in [0, 0.1) is 19.3 Å². The highest BCUT2D eigenvalue weighted by Gasteiger charge is 2.36. The number of aliphatic carboxylic acids is 1. The molecule has 2 aromatic rings. The number of rotatable bonds is 6. The molecule has 0 aliphatic carbocycles. The number of aliphatic hydroxyl groups is 1. The summed E-state index contributed by atoms with van der Waals surface area (Å²) >= 11 is 0. The molecule has 6 nitrogen and oxygen atoms in total. The smallest absolute Gasteiger partial charge is 0.337 e. The first kappa shape index (κ1) is 27.2. The first-order valence-electron chi connectivity index (χ1n) is 12.5. The van der Waals surface area contributed by atoms with Crippen molar-refractivity contribution in [2.24, 2.45) is 5.41 Å². The predicted molar refractivity (Wildman–Crippen MR) is 141 cm³/mol. The minimum Gasteiger partial charge on any atom is -0.479 e. The van der Waals surface area contributed by atoms with Gasteiger partial charge < -0.3 is 19.8 Å². The van der Waals surface area contributed by atoms with Crippen LogP contribution in [0.1, 0.15) is 89.9 Å². The largest absolute Gasteiger partial charge is 0.479 e. The van der Waals surface area contributed by atoms with Crippen LogP contribution in [0.4, 0.5) is 5.69 Å². The monoisotopic (exact) mass is 482 g/mol. The normalized spacial score (nSPS) is 17.4. The summed E-state index contributed by atoms with van der Waals surface area (Å²) in [6.07, 6.45) is 0.895. The quantitative estimate of drug-likeness (QED) is 0.513. The van der Waals surface area contributed by atoms with E-state index >= 15 is 0 Å². The number of piperidine rings is 1. The van der Waals surface area contributed by atoms with Gasteiger partial charge in [-0.05, 0) is 77.8 Å². The van der Waals surface area contributed by atoms with E-state index < -0.39 is 23.3 Å². The fourth-order valence-electron chi connectivity index (χ4n) is 4.80. The molecule has 1 fully saturated rings. The van der Waals surface area contributed by atoms with Crippen LogP contribution in [-0.4, -0.2) is 39.9 Å². The van der Waals surface area contributed by atoms with Gasteiger partial charge in [-0.1, -0.05) is 38.1 Å². The molecule has 1 unspecified atom stereocenters. The van der Waals surface area contributed by atoms with Crippen molar-refractivity contribution in [3.8, 4) is 11.1 Å². The number of hydrogen-bond acceptors (Lipinski definition) is 5. The van der Waals surface area contributed by atoms with Crippen LogP contribution in [-0.2, 0) is 15.1 Å². The van der Waals surface area contributed by atoms with Crippen molar-refractivity contribution in [2.75, 3.05) is 18.0 Å². The van der Waals surface area contributed by atoms with E-state index in [-0.39, 0.29) is 5.41 Å². The highest BCUT2D eigenvalue weighted by atomic mass is 16.5. The molecule has 1 aromatic heterocycles. The number of hydrogen-bond donors (Lipinski definition) is 2. The molecule has 0 amide bonds. The van der Waals surface area contributed by atoms with Crippen molar-refractivity contribution >= 4 is 11.7 Å². The van der Waals surface area contributed by atoms with E-state index in [1.807, 2.05) is 58.9 Å². The number of nitrogens with zero attached hydrogens (tertiary/aromatic N) is 2. The number of carboxylic acids is 1. The molecule has 1 atom stereocenters. The van der Waals surface area contributed by atoms with Gasteiger partial charge in [0.1, 0.15) is 0 Å². The molecule has 1 saturated heterocycles. The van der Waals surface area contributed by atoms with Crippen molar-refractivity contribution in [3.05, 3.63) is 46.8 Å². The SMILES string of the molecule is Cc1nc(C)c(C(OC(C)(C)C)C(=O)O)c(N2CCC(C)(C)CC2)c1-c1ccc(C(C)(C)O)cc1. The van der Waals surface area contributed by atoms with Gasteiger partial charge in [0.15, 0.2) is 6.10 Å². The molecule has 0 bridgehead atoms. The number of ether oxygens (including phenoxy) is 1. The molecule has 1 aromatic carbocycles. The van der Waals surface area contributed by atoms with Gasteiger partial charge in [0.25, 0.3) is 0 Å². The van der Waals surface area contributed by atoms with Gasteiger partial charge >= 0.3 is 5.97 Å². The van der Waals surface area contributed by atoms with Crippen molar-refractivity contribution in [3.63, 3.8) is 0 Å². The maximum Gasteiger partial charge on any atom is 0.337 e. The molecule has 1 aliphatic rings. The van der Waals surface area contributed by atoms with Crippen LogP contribution in [0.2, 0.25) is 0 Å². The molecule has 35 heavy (non-hydrogen) atoms. The Morgan fingerprint density at radius 2 is 1.57 bits per heavy atom. The zero-order chi connectivity index (χ0) is 26.3. The van der Waals surface area contributed by atoms with Gasteiger partial charge in [-0.15, -0.1) is 0 Å². The summed E-state index contributed by atoms with van der Waals surface area (Å²) in [5.74, 6) is -1.02. The van der Waals surface area contributed by atoms with Crippen LogP contribution in [0.25, 0.3) is 11.1 Å². The Morgan fingerprint density at radius 3 is 2.03 bits per heavy atom. The number of aromatic nitrogens is 1. The average molecular weight is 483 g/mol. The number of aryl methyl sites for hydroxylation is 2. The molecule has 1 aliphatic heterocycles. The van der Waals surface area contributed by atoms with E-state index in [0.717, 1.165) is 54.0 Å². The molecule has 0 saturated carbocycles. The molecule has 2 N–H and O–H groups in total. The second-order valence-corrected chi connectivity index (χ2v) is 12.2. The fourth-order valence-corrected chi connectivity index (χ4v) is 4.80. The summed E-state index contributed by atoms with van der Waals surface area (Å²) in [4.78, 5) is 19.7. The Balaban J connectivity index is 2.28. The standard InChI is InChI=1S/C29H42N2O4/c1-18-22(20-10-12-21(13-11-20)29(8,9)34)24(31-16-14-28(6,7)15-17-31)23(19(2)30-18)25(26(32)33)35-27(3,4)5/h10-13,25,34H,14-17H2,1-9H3,(H,32,33). The zero-order valence-corrected chi connectivity index (χ0v) is 22.8. The summed E-state index contributed by atoms with van der Waals surface area (Å²) < 4.78 is 6.13. The average Bonchev–Trinajstić information content (AvgIpc) is 2.71. The minimum atomic E-state index is -1.14. The van der Waals surface area contributed by atoms with Gasteiger partial charge in [0.05, 0.1) is 16.9 Å². The second kappa shape index (κ2) is 9.55. The Hall–Kier alpha value is -2.44. The topological polar surface area (TPSA) is 82.9 Å². The highest BCUT2D eigenvalue weighted by Crippen LogP contribution is 2.45. The lowest BCUT2D eigenvalue weighted by atomic mass is 9.81. The van der Waals surface area contributed by atoms with Gasteiger partial charge in [-0.25, -0.2) is 4.79 Å². The number of pyridine rings is 1. The van der Waals surface area contributed by atoms with E-state index in [2.05, 4.69) is 18.7 Å². The van der Waals surface area contributed by atoms with Crippen LogP contribution in [0.15, 0.2) is 24.3 Å². The zero-order valence-electron chi connectivity index (χ0n) is 22.8. The molecular weight excluding hydrogens is 440 g/mol. The van der Waals surface area contributed by atoms with E-state index in [1.54, 1.807) is 13.8 Å². The van der Waals surface area contributed by atoms with E-state index in [9.17, 15) is 15.0 Å². The van der Waals surface area contributed by atoms with E-state index in [1.165, 1.54) is 0 Å². The third kappa shape index (κ3) is 6.22. The van der Waals surface area contributed by atoms with Crippen LogP contribution < -0.4 is 4.90 Å². The third-order valence-corrected chi connectivity index (χ3v) is 6.85. The minimum absolute atomic E-state index is 0.246. The molecule has 0 spiro atoms. The lowest BCUT2D eigenvalue weighted by Crippen LogP contribution is -2.39. The Kier molecular flexibility index (Phi) is 7.41. The maximum atomic E-state index is 12.6. The van der Waals surface area contributed by atoms with Crippen LogP contribution >= 0.6 is 0 Å². The van der Waals surface area contributed by atoms with E-state index in [4.69, 9.17) is 9.72 Å². The van der Waals surface area contributed by atoms with Gasteiger partial charge in [0.2, 0.25) is 0 Å². The van der Waals surface area contributed by atoms with Crippen molar-refractivity contribution in [1.82, 2.24) is 4.98 Å². The predicted octanol–water partition coefficient (Wildman–Crippen LogP) is 6.16. The number of carbonyl (C=O) groups is 1. The Bertz CT molecular complexity index is 1070. The molecular formula is C29H42N2O4. The maximum absolute atomic E-state index is 12.6. The fraction of sp³-hybridized carbons (Fsp3) is 0.586. The third-order valence-electron chi connectivity index (χ3n) is 6.85. The summed E-state index contributed by atoms with van der Waals surface area (Å²) in [6.45, 7) is 19.2. The lowest BCUT2D eigenvalue weighted by Gasteiger charge is -2.41. The summed E-state index contributed by atoms with van der Waals surface area (Å²) in [7, 11) is 0. The van der Waals surface area contributed by atoms with Gasteiger partial charge in [0, 0.05) is 35.6 Å². The molecule has 2 heterocycles. The number of benzene rings is 1. The summed E-state index contributed by atoms with van der Waals surface area (Å²) in [5, 5.41) is 20.7. The number of carboxylic acid groups (broad SMARTS) is 1.